The first-order chi connectivity index (χ1) is 32.0. The minimum Gasteiger partial charge on any atom is -0.310 e. The van der Waals surface area contributed by atoms with Crippen molar-refractivity contribution < 1.29 is 0 Å². The molecule has 65 heavy (non-hydrogen) atoms. The van der Waals surface area contributed by atoms with Gasteiger partial charge in [0, 0.05) is 22.4 Å². The molecule has 0 aromatic heterocycles. The third-order valence-corrected chi connectivity index (χ3v) is 14.7. The molecule has 0 aliphatic heterocycles. The Kier molecular flexibility index (Phi) is 8.24. The highest BCUT2D eigenvalue weighted by atomic mass is 15.1. The van der Waals surface area contributed by atoms with Crippen LogP contribution in [0.1, 0.15) is 47.2 Å². The van der Waals surface area contributed by atoms with Gasteiger partial charge in [-0.05, 0) is 125 Å². The Bertz CT molecular complexity index is 3430. The summed E-state index contributed by atoms with van der Waals surface area (Å²) in [4.78, 5) is 2.46. The Morgan fingerprint density at radius 1 is 0.262 bits per heavy atom. The lowest BCUT2D eigenvalue weighted by atomic mass is 9.66. The molecule has 1 spiro atoms. The van der Waals surface area contributed by atoms with Gasteiger partial charge in [-0.25, -0.2) is 0 Å². The predicted molar refractivity (Wildman–Crippen MR) is 271 cm³/mol. The summed E-state index contributed by atoms with van der Waals surface area (Å²) in [5.41, 5.74) is 26.0. The summed E-state index contributed by atoms with van der Waals surface area (Å²) in [7, 11) is 0. The third kappa shape index (κ3) is 5.33. The van der Waals surface area contributed by atoms with E-state index in [0.717, 1.165) is 11.4 Å². The van der Waals surface area contributed by atoms with Gasteiger partial charge in [-0.3, -0.25) is 0 Å². The van der Waals surface area contributed by atoms with Crippen molar-refractivity contribution in [2.45, 2.75) is 24.7 Å². The van der Waals surface area contributed by atoms with E-state index < -0.39 is 5.41 Å². The summed E-state index contributed by atoms with van der Waals surface area (Å²) < 4.78 is 0. The Balaban J connectivity index is 1.00. The van der Waals surface area contributed by atoms with E-state index in [9.17, 15) is 0 Å². The molecule has 0 fully saturated rings. The monoisotopic (exact) mass is 827 g/mol. The fraction of sp³-hybridized carbons (Fsp3) is 0.0625. The zero-order chi connectivity index (χ0) is 43.3. The van der Waals surface area contributed by atoms with Crippen LogP contribution < -0.4 is 4.90 Å². The van der Waals surface area contributed by atoms with Crippen molar-refractivity contribution in [3.05, 3.63) is 270 Å². The summed E-state index contributed by atoms with van der Waals surface area (Å²) in [6.45, 7) is 4.72. The molecule has 306 valence electrons. The molecule has 0 unspecified atom stereocenters. The highest BCUT2D eigenvalue weighted by molar-refractivity contribution is 6.01. The van der Waals surface area contributed by atoms with Crippen molar-refractivity contribution in [3.8, 4) is 66.8 Å². The quantitative estimate of drug-likeness (QED) is 0.167. The van der Waals surface area contributed by atoms with Crippen LogP contribution in [0.4, 0.5) is 17.1 Å². The number of rotatable bonds is 5. The van der Waals surface area contributed by atoms with Crippen molar-refractivity contribution in [1.82, 2.24) is 0 Å². The van der Waals surface area contributed by atoms with Crippen molar-refractivity contribution >= 4 is 17.1 Å². The smallest absolute Gasteiger partial charge is 0.0725 e. The highest BCUT2D eigenvalue weighted by Crippen LogP contribution is 2.63. The van der Waals surface area contributed by atoms with E-state index in [0.29, 0.717) is 0 Å². The van der Waals surface area contributed by atoms with Crippen LogP contribution in [0.2, 0.25) is 0 Å². The minimum atomic E-state index is -0.519. The largest absolute Gasteiger partial charge is 0.310 e. The molecule has 3 aliphatic carbocycles. The fourth-order valence-corrected chi connectivity index (χ4v) is 11.9. The molecule has 1 heteroatoms. The molecule has 0 saturated heterocycles. The number of anilines is 3. The van der Waals surface area contributed by atoms with Crippen molar-refractivity contribution in [2.75, 3.05) is 4.90 Å². The molecule has 0 radical (unpaired) electrons. The van der Waals surface area contributed by atoms with Crippen LogP contribution in [0.5, 0.6) is 0 Å². The van der Waals surface area contributed by atoms with Crippen LogP contribution in [0.15, 0.2) is 237 Å². The summed E-state index contributed by atoms with van der Waals surface area (Å²) in [6.07, 6.45) is 0. The summed E-state index contributed by atoms with van der Waals surface area (Å²) >= 11 is 0. The zero-order valence-electron chi connectivity index (χ0n) is 36.5. The van der Waals surface area contributed by atoms with Crippen LogP contribution >= 0.6 is 0 Å². The first-order valence-corrected chi connectivity index (χ1v) is 22.8. The van der Waals surface area contributed by atoms with E-state index in [1.807, 2.05) is 0 Å². The molecular formula is C64H45N. The van der Waals surface area contributed by atoms with Crippen LogP contribution in [0.25, 0.3) is 66.8 Å². The summed E-state index contributed by atoms with van der Waals surface area (Å²) in [5.74, 6) is 0. The van der Waals surface area contributed by atoms with Gasteiger partial charge >= 0.3 is 0 Å². The minimum absolute atomic E-state index is 0.114. The molecule has 1 nitrogen and oxygen atoms in total. The lowest BCUT2D eigenvalue weighted by Gasteiger charge is -2.35. The molecule has 0 saturated carbocycles. The Labute approximate surface area is 381 Å². The molecular weight excluding hydrogens is 783 g/mol. The number of hydrogen-bond donors (Lipinski definition) is 0. The number of benzene rings is 10. The van der Waals surface area contributed by atoms with E-state index >= 15 is 0 Å². The van der Waals surface area contributed by atoms with E-state index in [1.54, 1.807) is 0 Å². The Morgan fingerprint density at radius 3 is 1.26 bits per heavy atom. The first-order valence-electron chi connectivity index (χ1n) is 22.8. The van der Waals surface area contributed by atoms with E-state index in [2.05, 4.69) is 255 Å². The molecule has 0 atom stereocenters. The van der Waals surface area contributed by atoms with Crippen LogP contribution in [-0.2, 0) is 10.8 Å². The second-order valence-corrected chi connectivity index (χ2v) is 18.3. The van der Waals surface area contributed by atoms with Gasteiger partial charge in [0.15, 0.2) is 0 Å². The second-order valence-electron chi connectivity index (χ2n) is 18.3. The zero-order valence-corrected chi connectivity index (χ0v) is 36.5. The van der Waals surface area contributed by atoms with Gasteiger partial charge in [0.1, 0.15) is 0 Å². The molecule has 0 amide bonds. The molecule has 0 N–H and O–H groups in total. The SMILES string of the molecule is CC1(C)c2ccccc2-c2c(N(c3ccc(-c4ccccc4)cc3)c3ccc(-c4cccc5c4-c4ccccc4C54c5ccccc5-c5ccccc5-c5ccccc54)cc3)cccc21. The van der Waals surface area contributed by atoms with E-state index in [-0.39, 0.29) is 5.41 Å². The lowest BCUT2D eigenvalue weighted by Crippen LogP contribution is -2.29. The molecule has 3 aliphatic rings. The van der Waals surface area contributed by atoms with Crippen molar-refractivity contribution in [2.24, 2.45) is 0 Å². The van der Waals surface area contributed by atoms with Crippen molar-refractivity contribution in [1.29, 1.82) is 0 Å². The summed E-state index contributed by atoms with van der Waals surface area (Å²) in [5, 5.41) is 0. The van der Waals surface area contributed by atoms with Gasteiger partial charge in [0.25, 0.3) is 0 Å². The summed E-state index contributed by atoms with van der Waals surface area (Å²) in [6, 6.07) is 88.3. The maximum Gasteiger partial charge on any atom is 0.0725 e. The number of nitrogens with zero attached hydrogens (tertiary/aromatic N) is 1. The van der Waals surface area contributed by atoms with Crippen LogP contribution in [0.3, 0.4) is 0 Å². The fourth-order valence-electron chi connectivity index (χ4n) is 11.9. The molecule has 13 rings (SSSR count). The molecule has 10 aromatic rings. The third-order valence-electron chi connectivity index (χ3n) is 14.7. The first kappa shape index (κ1) is 37.5. The Morgan fingerprint density at radius 2 is 0.662 bits per heavy atom. The molecule has 10 aromatic carbocycles. The lowest BCUT2D eigenvalue weighted by molar-refractivity contribution is 0.660. The number of hydrogen-bond acceptors (Lipinski definition) is 1. The van der Waals surface area contributed by atoms with Crippen molar-refractivity contribution in [3.63, 3.8) is 0 Å². The van der Waals surface area contributed by atoms with Gasteiger partial charge in [-0.1, -0.05) is 220 Å². The standard InChI is InChI=1S/C64H45N/c1-63(2)54-27-12-10-24-52(54)62-58(63)31-17-33-60(62)65(45-38-34-43(35-39-45)42-18-4-3-5-19-42)46-40-36-44(37-41-46)47-26-16-32-59-61(47)53-25-11-15-30-57(53)64(59)55-28-13-8-22-50(55)48-20-6-7-21-49(48)51-23-9-14-29-56(51)64/h3-41H,1-2H3. The normalized spacial score (nSPS) is 13.9. The van der Waals surface area contributed by atoms with Gasteiger partial charge in [-0.15, -0.1) is 0 Å². The molecule has 0 heterocycles. The van der Waals surface area contributed by atoms with E-state index in [1.165, 1.54) is 106 Å². The van der Waals surface area contributed by atoms with Gasteiger partial charge in [-0.2, -0.15) is 0 Å². The van der Waals surface area contributed by atoms with Gasteiger partial charge in [0.2, 0.25) is 0 Å². The average Bonchev–Trinajstić information content (AvgIpc) is 3.76. The Hall–Kier alpha value is -8.00. The maximum absolute atomic E-state index is 2.46. The highest BCUT2D eigenvalue weighted by Gasteiger charge is 2.50. The van der Waals surface area contributed by atoms with E-state index in [4.69, 9.17) is 0 Å². The average molecular weight is 828 g/mol. The maximum atomic E-state index is 2.46. The van der Waals surface area contributed by atoms with Crippen LogP contribution in [0, 0.1) is 0 Å². The van der Waals surface area contributed by atoms with Crippen LogP contribution in [-0.4, -0.2) is 0 Å². The van der Waals surface area contributed by atoms with Gasteiger partial charge < -0.3 is 4.90 Å². The molecule has 0 bridgehead atoms. The topological polar surface area (TPSA) is 3.24 Å². The predicted octanol–water partition coefficient (Wildman–Crippen LogP) is 16.8. The number of fused-ring (bicyclic) bond motifs is 15. The second kappa shape index (κ2) is 14.3. The van der Waals surface area contributed by atoms with Gasteiger partial charge in [0.05, 0.1) is 11.1 Å².